The Labute approximate surface area is 91.9 Å². The third-order valence-corrected chi connectivity index (χ3v) is 1.86. The molecule has 5 nitrogen and oxygen atoms in total. The van der Waals surface area contributed by atoms with Gasteiger partial charge in [0.1, 0.15) is 5.69 Å². The zero-order valence-corrected chi connectivity index (χ0v) is 9.10. The van der Waals surface area contributed by atoms with Crippen molar-refractivity contribution in [2.75, 3.05) is 0 Å². The Hall–Kier alpha value is -1.49. The van der Waals surface area contributed by atoms with Crippen molar-refractivity contribution in [3.8, 4) is 0 Å². The van der Waals surface area contributed by atoms with Crippen LogP contribution in [0.1, 0.15) is 13.8 Å². The minimum atomic E-state index is -0.495. The van der Waals surface area contributed by atoms with Gasteiger partial charge in [0.05, 0.1) is 16.0 Å². The Balaban J connectivity index is 3.05. The van der Waals surface area contributed by atoms with Gasteiger partial charge in [-0.15, -0.1) is 0 Å². The third-order valence-electron chi connectivity index (χ3n) is 1.54. The fraction of sp³-hybridized carbons (Fsp3) is 0.333. The lowest BCUT2D eigenvalue weighted by molar-refractivity contribution is -0.384. The van der Waals surface area contributed by atoms with Crippen molar-refractivity contribution >= 4 is 23.0 Å². The van der Waals surface area contributed by atoms with E-state index in [-0.39, 0.29) is 11.7 Å². The number of halogens is 1. The van der Waals surface area contributed by atoms with Crippen LogP contribution in [-0.4, -0.2) is 11.0 Å². The molecule has 0 aliphatic heterocycles. The number of benzene rings is 1. The van der Waals surface area contributed by atoms with Crippen LogP contribution in [0.15, 0.2) is 28.4 Å². The predicted octanol–water partition coefficient (Wildman–Crippen LogP) is 3.74. The van der Waals surface area contributed by atoms with Crippen molar-refractivity contribution in [2.24, 2.45) is 10.2 Å². The molecular weight excluding hydrogens is 218 g/mol. The maximum absolute atomic E-state index is 10.5. The van der Waals surface area contributed by atoms with E-state index < -0.39 is 4.92 Å². The molecule has 80 valence electrons. The van der Waals surface area contributed by atoms with Crippen LogP contribution in [0.25, 0.3) is 0 Å². The van der Waals surface area contributed by atoms with E-state index in [0.717, 1.165) is 0 Å². The number of nitro groups is 1. The first-order chi connectivity index (χ1) is 7.00. The fourth-order valence-electron chi connectivity index (χ4n) is 0.869. The lowest BCUT2D eigenvalue weighted by Crippen LogP contribution is -1.87. The first-order valence-corrected chi connectivity index (χ1v) is 4.73. The molecule has 1 aromatic rings. The van der Waals surface area contributed by atoms with Crippen molar-refractivity contribution in [1.29, 1.82) is 0 Å². The molecule has 15 heavy (non-hydrogen) atoms. The standard InChI is InChI=1S/C9H10ClN3O2/c1-6(2)11-12-9-5-7(13(14)15)3-4-8(9)10/h3-6H,1-2H3. The molecule has 1 rings (SSSR count). The topological polar surface area (TPSA) is 67.9 Å². The predicted molar refractivity (Wildman–Crippen MR) is 57.8 cm³/mol. The Morgan fingerprint density at radius 3 is 2.67 bits per heavy atom. The summed E-state index contributed by atoms with van der Waals surface area (Å²) >= 11 is 5.81. The highest BCUT2D eigenvalue weighted by atomic mass is 35.5. The molecule has 6 heteroatoms. The van der Waals surface area contributed by atoms with Crippen LogP contribution in [0, 0.1) is 10.1 Å². The first-order valence-electron chi connectivity index (χ1n) is 4.35. The second kappa shape index (κ2) is 4.84. The minimum absolute atomic E-state index is 0.0281. The highest BCUT2D eigenvalue weighted by Crippen LogP contribution is 2.29. The van der Waals surface area contributed by atoms with E-state index in [1.54, 1.807) is 0 Å². The smallest absolute Gasteiger partial charge is 0.258 e. The minimum Gasteiger partial charge on any atom is -0.258 e. The van der Waals surface area contributed by atoms with Gasteiger partial charge in [0, 0.05) is 12.1 Å². The molecule has 1 aromatic carbocycles. The fourth-order valence-corrected chi connectivity index (χ4v) is 1.02. The summed E-state index contributed by atoms with van der Waals surface area (Å²) in [5, 5.41) is 18.6. The lowest BCUT2D eigenvalue weighted by atomic mass is 10.3. The maximum Gasteiger partial charge on any atom is 0.271 e. The van der Waals surface area contributed by atoms with E-state index in [9.17, 15) is 10.1 Å². The molecule has 0 saturated carbocycles. The number of non-ortho nitro benzene ring substituents is 1. The number of azo groups is 1. The number of rotatable bonds is 3. The molecule has 0 aliphatic carbocycles. The van der Waals surface area contributed by atoms with Crippen LogP contribution >= 0.6 is 11.6 Å². The summed E-state index contributed by atoms with van der Waals surface area (Å²) in [5.41, 5.74) is 0.275. The average molecular weight is 228 g/mol. The quantitative estimate of drug-likeness (QED) is 0.448. The summed E-state index contributed by atoms with van der Waals surface area (Å²) in [7, 11) is 0. The van der Waals surface area contributed by atoms with Crippen LogP contribution in [0.3, 0.4) is 0 Å². The number of nitro benzene ring substituents is 1. The van der Waals surface area contributed by atoms with Gasteiger partial charge in [-0.3, -0.25) is 10.1 Å². The van der Waals surface area contributed by atoms with Gasteiger partial charge >= 0.3 is 0 Å². The maximum atomic E-state index is 10.5. The van der Waals surface area contributed by atoms with Crippen LogP contribution < -0.4 is 0 Å². The Kier molecular flexibility index (Phi) is 3.74. The van der Waals surface area contributed by atoms with E-state index in [1.807, 2.05) is 13.8 Å². The van der Waals surface area contributed by atoms with Crippen LogP contribution in [0.4, 0.5) is 11.4 Å². The molecule has 0 spiro atoms. The zero-order valence-electron chi connectivity index (χ0n) is 8.35. The molecule has 0 radical (unpaired) electrons. The molecule has 0 N–H and O–H groups in total. The van der Waals surface area contributed by atoms with Gasteiger partial charge in [0.2, 0.25) is 0 Å². The molecule has 0 saturated heterocycles. The van der Waals surface area contributed by atoms with E-state index >= 15 is 0 Å². The van der Waals surface area contributed by atoms with Gasteiger partial charge in [0.15, 0.2) is 0 Å². The number of hydrogen-bond acceptors (Lipinski definition) is 4. The molecule has 0 heterocycles. The van der Waals surface area contributed by atoms with Crippen molar-refractivity contribution in [3.63, 3.8) is 0 Å². The average Bonchev–Trinajstić information content (AvgIpc) is 2.16. The number of nitrogens with zero attached hydrogens (tertiary/aromatic N) is 3. The van der Waals surface area contributed by atoms with E-state index in [1.165, 1.54) is 18.2 Å². The van der Waals surface area contributed by atoms with Gasteiger partial charge in [-0.1, -0.05) is 11.6 Å². The van der Waals surface area contributed by atoms with Gasteiger partial charge in [-0.05, 0) is 19.9 Å². The normalized spacial score (nSPS) is 11.2. The van der Waals surface area contributed by atoms with E-state index in [2.05, 4.69) is 10.2 Å². The SMILES string of the molecule is CC(C)N=Nc1cc([N+](=O)[O-])ccc1Cl. The molecule has 0 bridgehead atoms. The van der Waals surface area contributed by atoms with Crippen molar-refractivity contribution < 1.29 is 4.92 Å². The van der Waals surface area contributed by atoms with Gasteiger partial charge in [0.25, 0.3) is 5.69 Å². The van der Waals surface area contributed by atoms with Gasteiger partial charge < -0.3 is 0 Å². The molecule has 0 aliphatic rings. The summed E-state index contributed by atoms with van der Waals surface area (Å²) in [5.74, 6) is 0. The monoisotopic (exact) mass is 227 g/mol. The molecule has 0 atom stereocenters. The number of hydrogen-bond donors (Lipinski definition) is 0. The Bertz CT molecular complexity index is 404. The lowest BCUT2D eigenvalue weighted by Gasteiger charge is -1.98. The van der Waals surface area contributed by atoms with Crippen LogP contribution in [0.2, 0.25) is 5.02 Å². The van der Waals surface area contributed by atoms with Gasteiger partial charge in [-0.2, -0.15) is 10.2 Å². The molecule has 0 amide bonds. The second-order valence-corrected chi connectivity index (χ2v) is 3.61. The van der Waals surface area contributed by atoms with Crippen LogP contribution in [-0.2, 0) is 0 Å². The molecular formula is C9H10ClN3O2. The van der Waals surface area contributed by atoms with Gasteiger partial charge in [-0.25, -0.2) is 0 Å². The second-order valence-electron chi connectivity index (χ2n) is 3.20. The van der Waals surface area contributed by atoms with Crippen LogP contribution in [0.5, 0.6) is 0 Å². The van der Waals surface area contributed by atoms with Crippen molar-refractivity contribution in [2.45, 2.75) is 19.9 Å². The summed E-state index contributed by atoms with van der Waals surface area (Å²) in [6.07, 6.45) is 0. The zero-order chi connectivity index (χ0) is 11.4. The van der Waals surface area contributed by atoms with Crippen molar-refractivity contribution in [1.82, 2.24) is 0 Å². The summed E-state index contributed by atoms with van der Waals surface area (Å²) in [4.78, 5) is 10.00. The molecule has 0 aromatic heterocycles. The first kappa shape index (κ1) is 11.6. The Morgan fingerprint density at radius 2 is 2.13 bits per heavy atom. The highest BCUT2D eigenvalue weighted by molar-refractivity contribution is 6.33. The largest absolute Gasteiger partial charge is 0.271 e. The molecule has 0 fully saturated rings. The highest BCUT2D eigenvalue weighted by Gasteiger charge is 2.09. The van der Waals surface area contributed by atoms with Crippen molar-refractivity contribution in [3.05, 3.63) is 33.3 Å². The third kappa shape index (κ3) is 3.28. The van der Waals surface area contributed by atoms with E-state index in [4.69, 9.17) is 11.6 Å². The summed E-state index contributed by atoms with van der Waals surface area (Å²) in [6, 6.07) is 4.10. The van der Waals surface area contributed by atoms with E-state index in [0.29, 0.717) is 10.7 Å². The Morgan fingerprint density at radius 1 is 1.47 bits per heavy atom. The molecule has 0 unspecified atom stereocenters. The summed E-state index contributed by atoms with van der Waals surface area (Å²) < 4.78 is 0. The summed E-state index contributed by atoms with van der Waals surface area (Å²) in [6.45, 7) is 3.71.